The van der Waals surface area contributed by atoms with Gasteiger partial charge in [0.25, 0.3) is 0 Å². The van der Waals surface area contributed by atoms with Crippen molar-refractivity contribution in [2.75, 3.05) is 0 Å². The normalized spacial score (nSPS) is 11.7. The zero-order valence-electron chi connectivity index (χ0n) is 15.4. The van der Waals surface area contributed by atoms with Gasteiger partial charge in [-0.15, -0.1) is 0 Å². The van der Waals surface area contributed by atoms with Crippen LogP contribution in [0.25, 0.3) is 0 Å². The largest absolute Gasteiger partial charge is 0.457 e. The highest BCUT2D eigenvalue weighted by Crippen LogP contribution is 2.19. The van der Waals surface area contributed by atoms with Gasteiger partial charge in [0, 0.05) is 0 Å². The van der Waals surface area contributed by atoms with E-state index in [1.807, 2.05) is 30.3 Å². The second-order valence-electron chi connectivity index (χ2n) is 6.68. The van der Waals surface area contributed by atoms with E-state index in [-0.39, 0.29) is 0 Å². The fourth-order valence-electron chi connectivity index (χ4n) is 3.46. The van der Waals surface area contributed by atoms with Crippen molar-refractivity contribution < 1.29 is 4.74 Å². The summed E-state index contributed by atoms with van der Waals surface area (Å²) in [6.45, 7) is 2.21. The SMILES string of the molecule is Cc1ccccc1[SiH](c1ccccc1)c1ccc(Oc2ccccc2)cc1. The standard InChI is InChI=1S/C25H22OSi/c1-20-10-8-9-15-25(20)27(23-13-6-3-7-14-23)24-18-16-22(17-19-24)26-21-11-4-2-5-12-21/h2-19,27H,1H3. The summed E-state index contributed by atoms with van der Waals surface area (Å²) in [6, 6.07) is 38.2. The molecule has 1 unspecified atom stereocenters. The maximum Gasteiger partial charge on any atom is 0.133 e. The van der Waals surface area contributed by atoms with E-state index in [2.05, 4.69) is 85.8 Å². The number of aryl methyl sites for hydroxylation is 1. The molecule has 0 heterocycles. The van der Waals surface area contributed by atoms with E-state index in [1.54, 1.807) is 0 Å². The van der Waals surface area contributed by atoms with Crippen LogP contribution in [0.15, 0.2) is 109 Å². The van der Waals surface area contributed by atoms with E-state index < -0.39 is 8.80 Å². The predicted molar refractivity (Wildman–Crippen MR) is 117 cm³/mol. The van der Waals surface area contributed by atoms with Crippen molar-refractivity contribution >= 4 is 24.4 Å². The Balaban J connectivity index is 1.69. The average Bonchev–Trinajstić information content (AvgIpc) is 2.72. The highest BCUT2D eigenvalue weighted by molar-refractivity contribution is 6.95. The Hall–Kier alpha value is -3.10. The van der Waals surface area contributed by atoms with Gasteiger partial charge in [-0.25, -0.2) is 0 Å². The highest BCUT2D eigenvalue weighted by Gasteiger charge is 2.20. The van der Waals surface area contributed by atoms with Gasteiger partial charge in [-0.05, 0) is 36.4 Å². The van der Waals surface area contributed by atoms with Crippen molar-refractivity contribution in [3.8, 4) is 11.5 Å². The third-order valence-corrected chi connectivity index (χ3v) is 8.20. The molecule has 0 saturated heterocycles. The Morgan fingerprint density at radius 3 is 1.70 bits per heavy atom. The number of hydrogen-bond donors (Lipinski definition) is 0. The molecule has 0 N–H and O–H groups in total. The monoisotopic (exact) mass is 366 g/mol. The van der Waals surface area contributed by atoms with Crippen LogP contribution in [0.4, 0.5) is 0 Å². The minimum absolute atomic E-state index is 0.862. The molecule has 0 radical (unpaired) electrons. The number of ether oxygens (including phenoxy) is 1. The van der Waals surface area contributed by atoms with E-state index >= 15 is 0 Å². The molecule has 0 saturated carbocycles. The zero-order chi connectivity index (χ0) is 18.5. The van der Waals surface area contributed by atoms with E-state index in [1.165, 1.54) is 21.1 Å². The first-order valence-electron chi connectivity index (χ1n) is 9.24. The molecule has 0 amide bonds. The molecule has 0 bridgehead atoms. The maximum absolute atomic E-state index is 5.96. The van der Waals surface area contributed by atoms with Gasteiger partial charge in [-0.3, -0.25) is 0 Å². The van der Waals surface area contributed by atoms with Crippen LogP contribution in [0, 0.1) is 6.92 Å². The molecular formula is C25H22OSi. The molecule has 0 spiro atoms. The minimum atomic E-state index is -1.51. The molecule has 0 aliphatic rings. The van der Waals surface area contributed by atoms with Crippen LogP contribution in [0.5, 0.6) is 11.5 Å². The fraction of sp³-hybridized carbons (Fsp3) is 0.0400. The summed E-state index contributed by atoms with van der Waals surface area (Å²) in [5.74, 6) is 1.73. The molecule has 0 fully saturated rings. The van der Waals surface area contributed by atoms with Gasteiger partial charge in [0.15, 0.2) is 0 Å². The van der Waals surface area contributed by atoms with Gasteiger partial charge >= 0.3 is 0 Å². The van der Waals surface area contributed by atoms with Crippen molar-refractivity contribution in [3.63, 3.8) is 0 Å². The predicted octanol–water partition coefficient (Wildman–Crippen LogP) is 4.04. The summed E-state index contributed by atoms with van der Waals surface area (Å²) in [5.41, 5.74) is 1.36. The number of rotatable bonds is 5. The van der Waals surface area contributed by atoms with E-state index in [0.717, 1.165) is 11.5 Å². The lowest BCUT2D eigenvalue weighted by atomic mass is 10.2. The third-order valence-electron chi connectivity index (χ3n) is 4.82. The molecule has 4 aromatic carbocycles. The Morgan fingerprint density at radius 1 is 0.519 bits per heavy atom. The molecular weight excluding hydrogens is 344 g/mol. The van der Waals surface area contributed by atoms with Crippen LogP contribution in [0.3, 0.4) is 0 Å². The van der Waals surface area contributed by atoms with E-state index in [9.17, 15) is 0 Å². The summed E-state index contributed by atoms with van der Waals surface area (Å²) < 4.78 is 5.96. The molecule has 132 valence electrons. The first kappa shape index (κ1) is 17.3. The van der Waals surface area contributed by atoms with Gasteiger partial charge < -0.3 is 4.74 Å². The van der Waals surface area contributed by atoms with E-state index in [4.69, 9.17) is 4.74 Å². The fourth-order valence-corrected chi connectivity index (χ4v) is 6.60. The number of benzene rings is 4. The molecule has 1 nitrogen and oxygen atoms in total. The van der Waals surface area contributed by atoms with Crippen molar-refractivity contribution in [3.05, 3.63) is 115 Å². The molecule has 0 aromatic heterocycles. The van der Waals surface area contributed by atoms with Gasteiger partial charge in [0.2, 0.25) is 0 Å². The second kappa shape index (κ2) is 8.06. The summed E-state index contributed by atoms with van der Waals surface area (Å²) >= 11 is 0. The third kappa shape index (κ3) is 4.02. The first-order chi connectivity index (χ1) is 13.3. The summed E-state index contributed by atoms with van der Waals surface area (Å²) in [5, 5.41) is 4.31. The summed E-state index contributed by atoms with van der Waals surface area (Å²) in [7, 11) is -1.51. The smallest absolute Gasteiger partial charge is 0.133 e. The quantitative estimate of drug-likeness (QED) is 0.383. The van der Waals surface area contributed by atoms with Crippen molar-refractivity contribution in [2.45, 2.75) is 6.92 Å². The Labute approximate surface area is 162 Å². The first-order valence-corrected chi connectivity index (χ1v) is 11.0. The number of hydrogen-bond acceptors (Lipinski definition) is 1. The van der Waals surface area contributed by atoms with Gasteiger partial charge in [0.05, 0.1) is 0 Å². The van der Waals surface area contributed by atoms with Crippen LogP contribution in [-0.2, 0) is 0 Å². The van der Waals surface area contributed by atoms with Crippen LogP contribution in [-0.4, -0.2) is 8.80 Å². The van der Waals surface area contributed by atoms with Crippen molar-refractivity contribution in [1.29, 1.82) is 0 Å². The maximum atomic E-state index is 5.96. The number of para-hydroxylation sites is 1. The lowest BCUT2D eigenvalue weighted by Crippen LogP contribution is -2.52. The van der Waals surface area contributed by atoms with Crippen molar-refractivity contribution in [1.82, 2.24) is 0 Å². The molecule has 1 atom stereocenters. The van der Waals surface area contributed by atoms with Crippen LogP contribution in [0.1, 0.15) is 5.56 Å². The van der Waals surface area contributed by atoms with Crippen LogP contribution in [0.2, 0.25) is 0 Å². The molecule has 0 aliphatic heterocycles. The topological polar surface area (TPSA) is 9.23 Å². The van der Waals surface area contributed by atoms with Crippen molar-refractivity contribution in [2.24, 2.45) is 0 Å². The van der Waals surface area contributed by atoms with Gasteiger partial charge in [0.1, 0.15) is 20.3 Å². The van der Waals surface area contributed by atoms with Crippen LogP contribution >= 0.6 is 0 Å². The molecule has 4 aromatic rings. The van der Waals surface area contributed by atoms with Gasteiger partial charge in [-0.2, -0.15) is 0 Å². The molecule has 4 rings (SSSR count). The Morgan fingerprint density at radius 2 is 1.04 bits per heavy atom. The Bertz CT molecular complexity index is 995. The Kier molecular flexibility index (Phi) is 5.17. The lowest BCUT2D eigenvalue weighted by Gasteiger charge is -2.19. The summed E-state index contributed by atoms with van der Waals surface area (Å²) in [4.78, 5) is 0. The highest BCUT2D eigenvalue weighted by atomic mass is 28.3. The molecule has 2 heteroatoms. The molecule has 27 heavy (non-hydrogen) atoms. The van der Waals surface area contributed by atoms with E-state index in [0.29, 0.717) is 0 Å². The lowest BCUT2D eigenvalue weighted by molar-refractivity contribution is 0.483. The average molecular weight is 367 g/mol. The second-order valence-corrected chi connectivity index (χ2v) is 9.51. The summed E-state index contributed by atoms with van der Waals surface area (Å²) in [6.07, 6.45) is 0. The van der Waals surface area contributed by atoms with Gasteiger partial charge in [-0.1, -0.05) is 101 Å². The molecule has 0 aliphatic carbocycles. The van der Waals surface area contributed by atoms with Crippen LogP contribution < -0.4 is 20.3 Å². The minimum Gasteiger partial charge on any atom is -0.457 e. The zero-order valence-corrected chi connectivity index (χ0v) is 16.5.